The van der Waals surface area contributed by atoms with E-state index < -0.39 is 0 Å². The molecular weight excluding hydrogens is 228 g/mol. The summed E-state index contributed by atoms with van der Waals surface area (Å²) in [6.45, 7) is 2.46. The molecule has 0 bridgehead atoms. The van der Waals surface area contributed by atoms with Gasteiger partial charge in [-0.3, -0.25) is 0 Å². The fourth-order valence-corrected chi connectivity index (χ4v) is 1.93. The van der Waals surface area contributed by atoms with Crippen LogP contribution in [-0.2, 0) is 0 Å². The second kappa shape index (κ2) is 4.10. The molecule has 0 spiro atoms. The van der Waals surface area contributed by atoms with E-state index in [0.717, 1.165) is 16.9 Å². The van der Waals surface area contributed by atoms with Crippen molar-refractivity contribution < 1.29 is 4.74 Å². The van der Waals surface area contributed by atoms with Crippen LogP contribution in [0.3, 0.4) is 0 Å². The van der Waals surface area contributed by atoms with Gasteiger partial charge in [0.1, 0.15) is 5.69 Å². The van der Waals surface area contributed by atoms with Crippen LogP contribution >= 0.6 is 0 Å². The Hall–Kier alpha value is -2.43. The van der Waals surface area contributed by atoms with Crippen molar-refractivity contribution in [1.29, 1.82) is 0 Å². The molecule has 2 aromatic heterocycles. The summed E-state index contributed by atoms with van der Waals surface area (Å²) in [5.41, 5.74) is 9.36. The van der Waals surface area contributed by atoms with E-state index >= 15 is 0 Å². The van der Waals surface area contributed by atoms with Crippen molar-refractivity contribution in [2.24, 2.45) is 0 Å². The number of benzene rings is 1. The number of anilines is 1. The van der Waals surface area contributed by atoms with Crippen LogP contribution in [0.25, 0.3) is 16.9 Å². The fourth-order valence-electron chi connectivity index (χ4n) is 1.93. The zero-order valence-corrected chi connectivity index (χ0v) is 10.1. The Balaban J connectivity index is 2.08. The molecule has 5 nitrogen and oxygen atoms in total. The first-order valence-corrected chi connectivity index (χ1v) is 5.84. The van der Waals surface area contributed by atoms with Crippen molar-refractivity contribution in [1.82, 2.24) is 14.6 Å². The molecule has 0 aliphatic heterocycles. The van der Waals surface area contributed by atoms with Crippen LogP contribution < -0.4 is 10.5 Å². The number of aromatic amines is 1. The summed E-state index contributed by atoms with van der Waals surface area (Å²) in [6, 6.07) is 10.0. The van der Waals surface area contributed by atoms with E-state index in [0.29, 0.717) is 18.2 Å². The minimum absolute atomic E-state index is 0.475. The van der Waals surface area contributed by atoms with Gasteiger partial charge in [-0.25, -0.2) is 4.52 Å². The molecule has 3 rings (SSSR count). The van der Waals surface area contributed by atoms with Crippen LogP contribution in [0.2, 0.25) is 0 Å². The Morgan fingerprint density at radius 3 is 2.78 bits per heavy atom. The average Bonchev–Trinajstić information content (AvgIpc) is 2.93. The molecule has 0 saturated heterocycles. The second-order valence-electron chi connectivity index (χ2n) is 3.98. The minimum atomic E-state index is 0.475. The first-order valence-electron chi connectivity index (χ1n) is 5.84. The zero-order chi connectivity index (χ0) is 12.5. The molecule has 0 fully saturated rings. The lowest BCUT2D eigenvalue weighted by Crippen LogP contribution is -1.95. The van der Waals surface area contributed by atoms with Gasteiger partial charge in [0.25, 0.3) is 5.88 Å². The Kier molecular flexibility index (Phi) is 2.44. The van der Waals surface area contributed by atoms with Gasteiger partial charge in [0.2, 0.25) is 0 Å². The van der Waals surface area contributed by atoms with E-state index in [9.17, 15) is 0 Å². The van der Waals surface area contributed by atoms with Crippen molar-refractivity contribution >= 4 is 11.3 Å². The highest BCUT2D eigenvalue weighted by Gasteiger charge is 2.13. The van der Waals surface area contributed by atoms with Crippen LogP contribution in [-0.4, -0.2) is 21.2 Å². The summed E-state index contributed by atoms with van der Waals surface area (Å²) < 4.78 is 7.06. The number of fused-ring (bicyclic) bond motifs is 1. The number of hydrogen-bond donors (Lipinski definition) is 2. The number of imidazole rings is 1. The molecule has 0 saturated carbocycles. The predicted octanol–water partition coefficient (Wildman–Crippen LogP) is 2.31. The summed E-state index contributed by atoms with van der Waals surface area (Å²) in [7, 11) is 0. The summed E-state index contributed by atoms with van der Waals surface area (Å²) >= 11 is 0. The van der Waals surface area contributed by atoms with Gasteiger partial charge in [0, 0.05) is 0 Å². The molecule has 0 aliphatic carbocycles. The molecule has 0 aliphatic rings. The average molecular weight is 242 g/mol. The molecule has 0 unspecified atom stereocenters. The molecule has 1 aromatic carbocycles. The molecule has 0 amide bonds. The summed E-state index contributed by atoms with van der Waals surface area (Å²) in [5.74, 6) is 0.475. The lowest BCUT2D eigenvalue weighted by molar-refractivity contribution is 0.327. The van der Waals surface area contributed by atoms with Crippen LogP contribution in [0.4, 0.5) is 5.69 Å². The monoisotopic (exact) mass is 242 g/mol. The van der Waals surface area contributed by atoms with Gasteiger partial charge < -0.3 is 15.5 Å². The number of nitrogens with one attached hydrogen (secondary N) is 1. The number of aromatic nitrogens is 3. The number of rotatable bonds is 3. The maximum atomic E-state index is 5.98. The van der Waals surface area contributed by atoms with Gasteiger partial charge in [0.15, 0.2) is 5.65 Å². The van der Waals surface area contributed by atoms with Crippen molar-refractivity contribution in [3.63, 3.8) is 0 Å². The normalized spacial score (nSPS) is 10.9. The first kappa shape index (κ1) is 10.7. The third-order valence-corrected chi connectivity index (χ3v) is 2.78. The van der Waals surface area contributed by atoms with E-state index in [4.69, 9.17) is 10.5 Å². The zero-order valence-electron chi connectivity index (χ0n) is 10.1. The Morgan fingerprint density at radius 1 is 1.33 bits per heavy atom. The van der Waals surface area contributed by atoms with Gasteiger partial charge in [-0.1, -0.05) is 30.3 Å². The number of ether oxygens (including phenoxy) is 1. The third-order valence-electron chi connectivity index (χ3n) is 2.78. The molecule has 2 heterocycles. The highest BCUT2D eigenvalue weighted by molar-refractivity contribution is 5.74. The maximum Gasteiger partial charge on any atom is 0.259 e. The van der Waals surface area contributed by atoms with Crippen molar-refractivity contribution in [2.45, 2.75) is 6.92 Å². The van der Waals surface area contributed by atoms with E-state index in [1.807, 2.05) is 43.5 Å². The molecule has 0 atom stereocenters. The molecule has 5 heteroatoms. The highest BCUT2D eigenvalue weighted by atomic mass is 16.5. The Bertz CT molecular complexity index is 669. The quantitative estimate of drug-likeness (QED) is 0.740. The lowest BCUT2D eigenvalue weighted by atomic mass is 10.2. The predicted molar refractivity (Wildman–Crippen MR) is 70.6 cm³/mol. The molecule has 18 heavy (non-hydrogen) atoms. The topological polar surface area (TPSA) is 68.3 Å². The standard InChI is InChI=1S/C13H14N4O/c1-2-18-13-11(14)12-15-10(8-17(12)16-13)9-6-4-3-5-7-9/h3-8,15H,2,14H2,1H3. The number of nitrogens with two attached hydrogens (primary N) is 1. The van der Waals surface area contributed by atoms with E-state index in [1.165, 1.54) is 0 Å². The Morgan fingerprint density at radius 2 is 2.11 bits per heavy atom. The first-order chi connectivity index (χ1) is 8.79. The molecule has 0 radical (unpaired) electrons. The molecule has 3 aromatic rings. The largest absolute Gasteiger partial charge is 0.475 e. The van der Waals surface area contributed by atoms with Crippen LogP contribution in [0, 0.1) is 0 Å². The lowest BCUT2D eigenvalue weighted by Gasteiger charge is -1.98. The van der Waals surface area contributed by atoms with E-state index in [-0.39, 0.29) is 0 Å². The van der Waals surface area contributed by atoms with E-state index in [2.05, 4.69) is 10.1 Å². The summed E-state index contributed by atoms with van der Waals surface area (Å²) in [4.78, 5) is 3.25. The van der Waals surface area contributed by atoms with E-state index in [1.54, 1.807) is 4.52 Å². The van der Waals surface area contributed by atoms with Gasteiger partial charge in [-0.15, -0.1) is 5.10 Å². The van der Waals surface area contributed by atoms with Crippen molar-refractivity contribution in [3.05, 3.63) is 36.5 Å². The SMILES string of the molecule is CCOc1nn2cc(-c3ccccc3)[nH]c2c1N. The maximum absolute atomic E-state index is 5.98. The number of nitrogens with zero attached hydrogens (tertiary/aromatic N) is 2. The smallest absolute Gasteiger partial charge is 0.259 e. The summed E-state index contributed by atoms with van der Waals surface area (Å²) in [6.07, 6.45) is 1.91. The van der Waals surface area contributed by atoms with Crippen molar-refractivity contribution in [2.75, 3.05) is 12.3 Å². The minimum Gasteiger partial charge on any atom is -0.475 e. The van der Waals surface area contributed by atoms with Gasteiger partial charge in [-0.2, -0.15) is 0 Å². The second-order valence-corrected chi connectivity index (χ2v) is 3.98. The number of H-pyrrole nitrogens is 1. The van der Waals surface area contributed by atoms with Crippen LogP contribution in [0.5, 0.6) is 5.88 Å². The third kappa shape index (κ3) is 1.60. The van der Waals surface area contributed by atoms with Crippen molar-refractivity contribution in [3.8, 4) is 17.1 Å². The summed E-state index contributed by atoms with van der Waals surface area (Å²) in [5, 5.41) is 4.29. The number of hydrogen-bond acceptors (Lipinski definition) is 3. The van der Waals surface area contributed by atoms with Crippen LogP contribution in [0.15, 0.2) is 36.5 Å². The molecule has 92 valence electrons. The molecular formula is C13H14N4O. The van der Waals surface area contributed by atoms with Gasteiger partial charge in [0.05, 0.1) is 18.5 Å². The number of nitrogen functional groups attached to an aromatic ring is 1. The highest BCUT2D eigenvalue weighted by Crippen LogP contribution is 2.27. The van der Waals surface area contributed by atoms with Gasteiger partial charge >= 0.3 is 0 Å². The Labute approximate surface area is 104 Å². The van der Waals surface area contributed by atoms with Gasteiger partial charge in [-0.05, 0) is 12.5 Å². The van der Waals surface area contributed by atoms with Crippen LogP contribution in [0.1, 0.15) is 6.92 Å². The fraction of sp³-hybridized carbons (Fsp3) is 0.154. The molecule has 3 N–H and O–H groups in total.